The molecule has 5 nitrogen and oxygen atoms in total. The molecule has 1 saturated carbocycles. The maximum atomic E-state index is 12.2. The highest BCUT2D eigenvalue weighted by Gasteiger charge is 2.32. The Morgan fingerprint density at radius 3 is 2.84 bits per heavy atom. The predicted octanol–water partition coefficient (Wildman–Crippen LogP) is 2.14. The second-order valence-corrected chi connectivity index (χ2v) is 5.71. The first-order chi connectivity index (χ1) is 9.08. The zero-order valence-electron chi connectivity index (χ0n) is 12.1. The molecule has 1 aliphatic carbocycles. The van der Waals surface area contributed by atoms with Gasteiger partial charge in [-0.05, 0) is 31.2 Å². The van der Waals surface area contributed by atoms with E-state index in [9.17, 15) is 4.79 Å². The fourth-order valence-corrected chi connectivity index (χ4v) is 2.08. The summed E-state index contributed by atoms with van der Waals surface area (Å²) >= 11 is 0. The largest absolute Gasteiger partial charge is 0.332 e. The van der Waals surface area contributed by atoms with Crippen molar-refractivity contribution in [2.75, 3.05) is 6.54 Å². The predicted molar refractivity (Wildman–Crippen MR) is 74.6 cm³/mol. The summed E-state index contributed by atoms with van der Waals surface area (Å²) in [5.74, 6) is 0.631. The standard InChI is InChI=1S/C14H24N4O/c1-11(2)7-9-18(12-4-5-12)14(19)15-10-13-6-8-16-17(13)3/h6,8,11-12H,4-5,7,9-10H2,1-3H3,(H,15,19). The van der Waals surface area contributed by atoms with Crippen molar-refractivity contribution in [3.8, 4) is 0 Å². The molecule has 0 spiro atoms. The summed E-state index contributed by atoms with van der Waals surface area (Å²) in [6.45, 7) is 5.79. The van der Waals surface area contributed by atoms with Crippen LogP contribution < -0.4 is 5.32 Å². The molecular weight excluding hydrogens is 240 g/mol. The van der Waals surface area contributed by atoms with Crippen molar-refractivity contribution in [2.24, 2.45) is 13.0 Å². The number of rotatable bonds is 6. The second kappa shape index (κ2) is 6.08. The second-order valence-electron chi connectivity index (χ2n) is 5.71. The number of carbonyl (C=O) groups excluding carboxylic acids is 1. The van der Waals surface area contributed by atoms with E-state index < -0.39 is 0 Å². The Hall–Kier alpha value is -1.52. The molecule has 1 aliphatic rings. The molecule has 2 rings (SSSR count). The number of hydrogen-bond acceptors (Lipinski definition) is 2. The average Bonchev–Trinajstić information content (AvgIpc) is 3.10. The summed E-state index contributed by atoms with van der Waals surface area (Å²) in [5.41, 5.74) is 1.02. The highest BCUT2D eigenvalue weighted by molar-refractivity contribution is 5.74. The van der Waals surface area contributed by atoms with Crippen LogP contribution in [0.3, 0.4) is 0 Å². The molecule has 2 amide bonds. The van der Waals surface area contributed by atoms with Crippen molar-refractivity contribution in [3.05, 3.63) is 18.0 Å². The Morgan fingerprint density at radius 1 is 1.58 bits per heavy atom. The van der Waals surface area contributed by atoms with E-state index in [2.05, 4.69) is 24.3 Å². The molecule has 0 saturated heterocycles. The van der Waals surface area contributed by atoms with Crippen molar-refractivity contribution < 1.29 is 4.79 Å². The molecule has 5 heteroatoms. The molecule has 0 aliphatic heterocycles. The molecule has 0 aromatic carbocycles. The first kappa shape index (κ1) is 13.9. The van der Waals surface area contributed by atoms with E-state index in [1.807, 2.05) is 18.0 Å². The van der Waals surface area contributed by atoms with Crippen molar-refractivity contribution in [1.82, 2.24) is 20.0 Å². The molecule has 0 atom stereocenters. The Balaban J connectivity index is 1.83. The number of aromatic nitrogens is 2. The number of urea groups is 1. The van der Waals surface area contributed by atoms with Gasteiger partial charge < -0.3 is 10.2 Å². The molecule has 0 bridgehead atoms. The fraction of sp³-hybridized carbons (Fsp3) is 0.714. The summed E-state index contributed by atoms with van der Waals surface area (Å²) in [6.07, 6.45) is 5.11. The van der Waals surface area contributed by atoms with Crippen molar-refractivity contribution >= 4 is 6.03 Å². The molecule has 1 fully saturated rings. The number of nitrogens with one attached hydrogen (secondary N) is 1. The molecule has 1 aromatic rings. The van der Waals surface area contributed by atoms with E-state index in [0.29, 0.717) is 18.5 Å². The van der Waals surface area contributed by atoms with Gasteiger partial charge in [-0.3, -0.25) is 4.68 Å². The van der Waals surface area contributed by atoms with Crippen LogP contribution >= 0.6 is 0 Å². The smallest absolute Gasteiger partial charge is 0.317 e. The summed E-state index contributed by atoms with van der Waals surface area (Å²) in [6, 6.07) is 2.45. The van der Waals surface area contributed by atoms with E-state index in [4.69, 9.17) is 0 Å². The zero-order valence-corrected chi connectivity index (χ0v) is 12.1. The summed E-state index contributed by atoms with van der Waals surface area (Å²) in [4.78, 5) is 14.2. The minimum Gasteiger partial charge on any atom is -0.332 e. The van der Waals surface area contributed by atoms with Crippen LogP contribution in [0.1, 0.15) is 38.8 Å². The van der Waals surface area contributed by atoms with E-state index in [-0.39, 0.29) is 6.03 Å². The van der Waals surface area contributed by atoms with Gasteiger partial charge in [-0.1, -0.05) is 13.8 Å². The maximum absolute atomic E-state index is 12.2. The summed E-state index contributed by atoms with van der Waals surface area (Å²) < 4.78 is 1.79. The van der Waals surface area contributed by atoms with E-state index in [1.54, 1.807) is 10.9 Å². The molecule has 19 heavy (non-hydrogen) atoms. The van der Waals surface area contributed by atoms with Gasteiger partial charge in [0.25, 0.3) is 0 Å². The van der Waals surface area contributed by atoms with E-state index in [1.165, 1.54) is 0 Å². The third-order valence-electron chi connectivity index (χ3n) is 3.54. The Kier molecular flexibility index (Phi) is 4.45. The lowest BCUT2D eigenvalue weighted by atomic mass is 10.1. The molecule has 1 N–H and O–H groups in total. The third kappa shape index (κ3) is 3.98. The molecule has 0 unspecified atom stereocenters. The van der Waals surface area contributed by atoms with Gasteiger partial charge in [0.1, 0.15) is 0 Å². The Labute approximate surface area is 115 Å². The summed E-state index contributed by atoms with van der Waals surface area (Å²) in [7, 11) is 1.89. The number of nitrogens with zero attached hydrogens (tertiary/aromatic N) is 3. The number of carbonyl (C=O) groups is 1. The van der Waals surface area contributed by atoms with Crippen LogP contribution in [0, 0.1) is 5.92 Å². The first-order valence-electron chi connectivity index (χ1n) is 7.09. The quantitative estimate of drug-likeness (QED) is 0.856. The molecule has 1 aromatic heterocycles. The van der Waals surface area contributed by atoms with Crippen LogP contribution in [-0.2, 0) is 13.6 Å². The molecule has 106 valence electrons. The first-order valence-corrected chi connectivity index (χ1v) is 7.09. The SMILES string of the molecule is CC(C)CCN(C(=O)NCc1ccnn1C)C1CC1. The lowest BCUT2D eigenvalue weighted by Crippen LogP contribution is -2.42. The van der Waals surface area contributed by atoms with Crippen LogP contribution in [0.15, 0.2) is 12.3 Å². The minimum atomic E-state index is 0.0596. The van der Waals surface area contributed by atoms with Crippen LogP contribution in [0.25, 0.3) is 0 Å². The van der Waals surface area contributed by atoms with Gasteiger partial charge in [0.15, 0.2) is 0 Å². The maximum Gasteiger partial charge on any atom is 0.317 e. The molecule has 0 radical (unpaired) electrons. The normalized spacial score (nSPS) is 14.7. The minimum absolute atomic E-state index is 0.0596. The summed E-state index contributed by atoms with van der Waals surface area (Å²) in [5, 5.41) is 7.10. The van der Waals surface area contributed by atoms with Crippen LogP contribution in [0.5, 0.6) is 0 Å². The molecule has 1 heterocycles. The van der Waals surface area contributed by atoms with Gasteiger partial charge in [-0.25, -0.2) is 4.79 Å². The van der Waals surface area contributed by atoms with Crippen molar-refractivity contribution in [2.45, 2.75) is 45.7 Å². The number of aryl methyl sites for hydroxylation is 1. The monoisotopic (exact) mass is 264 g/mol. The van der Waals surface area contributed by atoms with E-state index in [0.717, 1.165) is 31.5 Å². The number of amides is 2. The Bertz CT molecular complexity index is 423. The Morgan fingerprint density at radius 2 is 2.32 bits per heavy atom. The molecular formula is C14H24N4O. The highest BCUT2D eigenvalue weighted by Crippen LogP contribution is 2.27. The van der Waals surface area contributed by atoms with Gasteiger partial charge in [0, 0.05) is 25.8 Å². The lowest BCUT2D eigenvalue weighted by Gasteiger charge is -2.23. The third-order valence-corrected chi connectivity index (χ3v) is 3.54. The topological polar surface area (TPSA) is 50.2 Å². The van der Waals surface area contributed by atoms with Gasteiger partial charge in [-0.2, -0.15) is 5.10 Å². The fourth-order valence-electron chi connectivity index (χ4n) is 2.08. The van der Waals surface area contributed by atoms with Crippen molar-refractivity contribution in [1.29, 1.82) is 0 Å². The number of hydrogen-bond donors (Lipinski definition) is 1. The van der Waals surface area contributed by atoms with Crippen LogP contribution in [0.2, 0.25) is 0 Å². The average molecular weight is 264 g/mol. The van der Waals surface area contributed by atoms with Gasteiger partial charge >= 0.3 is 6.03 Å². The van der Waals surface area contributed by atoms with Crippen molar-refractivity contribution in [3.63, 3.8) is 0 Å². The highest BCUT2D eigenvalue weighted by atomic mass is 16.2. The lowest BCUT2D eigenvalue weighted by molar-refractivity contribution is 0.191. The zero-order chi connectivity index (χ0) is 13.8. The van der Waals surface area contributed by atoms with Gasteiger partial charge in [-0.15, -0.1) is 0 Å². The van der Waals surface area contributed by atoms with Crippen LogP contribution in [-0.4, -0.2) is 33.3 Å². The van der Waals surface area contributed by atoms with Crippen LogP contribution in [0.4, 0.5) is 4.79 Å². The van der Waals surface area contributed by atoms with Gasteiger partial charge in [0.05, 0.1) is 12.2 Å². The van der Waals surface area contributed by atoms with E-state index >= 15 is 0 Å². The van der Waals surface area contributed by atoms with Gasteiger partial charge in [0.2, 0.25) is 0 Å².